The molecule has 0 aliphatic carbocycles. The molecule has 1 aromatic heterocycles. The van der Waals surface area contributed by atoms with E-state index in [1.807, 2.05) is 14.1 Å². The highest BCUT2D eigenvalue weighted by atomic mass is 16.6. The molecule has 23 heavy (non-hydrogen) atoms. The van der Waals surface area contributed by atoms with Gasteiger partial charge in [-0.1, -0.05) is 0 Å². The summed E-state index contributed by atoms with van der Waals surface area (Å²) >= 11 is 0. The first kappa shape index (κ1) is 16.4. The van der Waals surface area contributed by atoms with E-state index < -0.39 is 5.60 Å². The number of hydrogen-bond acceptors (Lipinski definition) is 6. The lowest BCUT2D eigenvalue weighted by atomic mass is 10.00. The second-order valence-corrected chi connectivity index (χ2v) is 6.74. The molecule has 1 spiro atoms. The highest BCUT2D eigenvalue weighted by Gasteiger charge is 2.44. The first-order valence-electron chi connectivity index (χ1n) is 8.03. The lowest BCUT2D eigenvalue weighted by molar-refractivity contribution is -0.0878. The van der Waals surface area contributed by atoms with Crippen LogP contribution in [0.5, 0.6) is 0 Å². The van der Waals surface area contributed by atoms with Crippen molar-refractivity contribution >= 4 is 5.91 Å². The first-order valence-corrected chi connectivity index (χ1v) is 8.03. The van der Waals surface area contributed by atoms with Crippen LogP contribution in [0.3, 0.4) is 0 Å². The van der Waals surface area contributed by atoms with Crippen LogP contribution in [0, 0.1) is 0 Å². The molecular weight excluding hydrogens is 298 g/mol. The number of nitrogens with zero attached hydrogens (tertiary/aromatic N) is 5. The van der Waals surface area contributed by atoms with Crippen molar-refractivity contribution < 1.29 is 14.3 Å². The summed E-state index contributed by atoms with van der Waals surface area (Å²) in [5.41, 5.74) is -0.401. The third-order valence-electron chi connectivity index (χ3n) is 4.34. The summed E-state index contributed by atoms with van der Waals surface area (Å²) in [5, 5.41) is 4.11. The summed E-state index contributed by atoms with van der Waals surface area (Å²) in [6.45, 7) is 3.02. The lowest BCUT2D eigenvalue weighted by Gasteiger charge is -2.31. The van der Waals surface area contributed by atoms with Gasteiger partial charge in [-0.2, -0.15) is 0 Å². The van der Waals surface area contributed by atoms with Gasteiger partial charge < -0.3 is 19.3 Å². The number of hydrogen-bond donors (Lipinski definition) is 0. The number of carbonyl (C=O) groups excluding carboxylic acids is 1. The van der Waals surface area contributed by atoms with Crippen molar-refractivity contribution in [1.29, 1.82) is 0 Å². The maximum atomic E-state index is 12.6. The van der Waals surface area contributed by atoms with E-state index in [0.717, 1.165) is 19.4 Å². The van der Waals surface area contributed by atoms with Gasteiger partial charge in [-0.25, -0.2) is 4.98 Å². The zero-order valence-electron chi connectivity index (χ0n) is 14.1. The molecule has 2 atom stereocenters. The minimum absolute atomic E-state index is 0.157. The molecule has 0 saturated carbocycles. The molecule has 1 amide bonds. The van der Waals surface area contributed by atoms with Gasteiger partial charge in [0, 0.05) is 20.1 Å². The van der Waals surface area contributed by atoms with Gasteiger partial charge in [-0.3, -0.25) is 9.48 Å². The largest absolute Gasteiger partial charge is 0.377 e. The van der Waals surface area contributed by atoms with Crippen molar-refractivity contribution in [2.24, 2.45) is 7.05 Å². The molecule has 2 unspecified atom stereocenters. The Hall–Kier alpha value is -1.51. The number of amides is 1. The van der Waals surface area contributed by atoms with Crippen LogP contribution in [0.4, 0.5) is 0 Å². The van der Waals surface area contributed by atoms with E-state index in [1.165, 1.54) is 11.0 Å². The molecule has 0 bridgehead atoms. The van der Waals surface area contributed by atoms with Gasteiger partial charge >= 0.3 is 0 Å². The Balaban J connectivity index is 1.70. The van der Waals surface area contributed by atoms with Crippen molar-refractivity contribution in [3.8, 4) is 0 Å². The van der Waals surface area contributed by atoms with Crippen molar-refractivity contribution in [2.75, 3.05) is 46.9 Å². The van der Waals surface area contributed by atoms with Crippen molar-refractivity contribution in [1.82, 2.24) is 24.6 Å². The molecule has 1 aromatic rings. The van der Waals surface area contributed by atoms with E-state index in [4.69, 9.17) is 9.47 Å². The molecule has 128 valence electrons. The highest BCUT2D eigenvalue weighted by Crippen LogP contribution is 2.33. The molecule has 2 saturated heterocycles. The number of carbonyl (C=O) groups is 1. The summed E-state index contributed by atoms with van der Waals surface area (Å²) < 4.78 is 13.6. The molecular formula is C15H25N5O3. The summed E-state index contributed by atoms with van der Waals surface area (Å²) in [7, 11) is 5.84. The molecule has 2 fully saturated rings. The van der Waals surface area contributed by atoms with Crippen LogP contribution in [0.15, 0.2) is 6.33 Å². The lowest BCUT2D eigenvalue weighted by Crippen LogP contribution is -2.47. The van der Waals surface area contributed by atoms with Gasteiger partial charge in [0.2, 0.25) is 5.82 Å². The number of ether oxygens (including phenoxy) is 2. The van der Waals surface area contributed by atoms with Gasteiger partial charge in [0.25, 0.3) is 5.91 Å². The first-order chi connectivity index (χ1) is 11.0. The Morgan fingerprint density at radius 3 is 3.04 bits per heavy atom. The minimum Gasteiger partial charge on any atom is -0.377 e. The third-order valence-corrected chi connectivity index (χ3v) is 4.34. The molecule has 3 rings (SSSR count). The highest BCUT2D eigenvalue weighted by molar-refractivity contribution is 5.90. The molecule has 2 aliphatic rings. The summed E-state index contributed by atoms with van der Waals surface area (Å²) in [6.07, 6.45) is 3.63. The number of aryl methyl sites for hydroxylation is 1. The second-order valence-electron chi connectivity index (χ2n) is 6.74. The fourth-order valence-corrected chi connectivity index (χ4v) is 3.31. The predicted octanol–water partition coefficient (Wildman–Crippen LogP) is -0.233. The van der Waals surface area contributed by atoms with Crippen LogP contribution >= 0.6 is 0 Å². The summed E-state index contributed by atoms with van der Waals surface area (Å²) in [6, 6.07) is 0. The van der Waals surface area contributed by atoms with Crippen molar-refractivity contribution in [3.63, 3.8) is 0 Å². The van der Waals surface area contributed by atoms with E-state index in [1.54, 1.807) is 11.9 Å². The second kappa shape index (κ2) is 6.54. The van der Waals surface area contributed by atoms with E-state index in [0.29, 0.717) is 26.3 Å². The van der Waals surface area contributed by atoms with Gasteiger partial charge in [0.15, 0.2) is 0 Å². The Morgan fingerprint density at radius 1 is 1.52 bits per heavy atom. The zero-order valence-corrected chi connectivity index (χ0v) is 14.1. The Kier molecular flexibility index (Phi) is 4.65. The molecule has 8 heteroatoms. The average molecular weight is 323 g/mol. The van der Waals surface area contributed by atoms with Crippen molar-refractivity contribution in [3.05, 3.63) is 12.2 Å². The maximum absolute atomic E-state index is 12.6. The van der Waals surface area contributed by atoms with Crippen LogP contribution in [0.2, 0.25) is 0 Å². The summed E-state index contributed by atoms with van der Waals surface area (Å²) in [4.78, 5) is 20.6. The van der Waals surface area contributed by atoms with Crippen LogP contribution in [0.25, 0.3) is 0 Å². The normalized spacial score (nSPS) is 28.5. The van der Waals surface area contributed by atoms with Gasteiger partial charge in [-0.05, 0) is 26.9 Å². The average Bonchev–Trinajstić information content (AvgIpc) is 3.01. The number of aromatic nitrogens is 3. The summed E-state index contributed by atoms with van der Waals surface area (Å²) in [5.74, 6) is 0.0718. The topological polar surface area (TPSA) is 72.7 Å². The maximum Gasteiger partial charge on any atom is 0.293 e. The molecule has 3 heterocycles. The van der Waals surface area contributed by atoms with Crippen LogP contribution in [0.1, 0.15) is 23.5 Å². The van der Waals surface area contributed by atoms with E-state index in [-0.39, 0.29) is 17.8 Å². The van der Waals surface area contributed by atoms with Crippen LogP contribution < -0.4 is 0 Å². The smallest absolute Gasteiger partial charge is 0.293 e. The molecule has 8 nitrogen and oxygen atoms in total. The van der Waals surface area contributed by atoms with E-state index in [2.05, 4.69) is 15.0 Å². The molecule has 0 radical (unpaired) electrons. The number of rotatable bonds is 3. The Labute approximate surface area is 136 Å². The van der Waals surface area contributed by atoms with Crippen LogP contribution in [-0.4, -0.2) is 89.1 Å². The van der Waals surface area contributed by atoms with Crippen LogP contribution in [-0.2, 0) is 16.5 Å². The molecule has 0 N–H and O–H groups in total. The monoisotopic (exact) mass is 323 g/mol. The quantitative estimate of drug-likeness (QED) is 0.765. The third kappa shape index (κ3) is 3.70. The Morgan fingerprint density at radius 2 is 2.35 bits per heavy atom. The number of likely N-dealkylation sites (N-methyl/N-ethyl adjacent to an activating group) is 1. The standard InChI is InChI=1S/C15H25N5O3/c1-18(2)8-12-4-5-15(23-12)9-20(6-7-22-10-15)14(21)13-16-11-19(3)17-13/h11-12H,4-10H2,1-3H3. The minimum atomic E-state index is -0.401. The predicted molar refractivity (Wildman–Crippen MR) is 83.1 cm³/mol. The fourth-order valence-electron chi connectivity index (χ4n) is 3.31. The fraction of sp³-hybridized carbons (Fsp3) is 0.800. The van der Waals surface area contributed by atoms with Gasteiger partial charge in [-0.15, -0.1) is 5.10 Å². The van der Waals surface area contributed by atoms with Gasteiger partial charge in [0.1, 0.15) is 11.9 Å². The van der Waals surface area contributed by atoms with E-state index in [9.17, 15) is 4.79 Å². The van der Waals surface area contributed by atoms with Gasteiger partial charge in [0.05, 0.1) is 25.9 Å². The SMILES string of the molecule is CN(C)CC1CCC2(COCCN(C(=O)c3ncn(C)n3)C2)O1. The van der Waals surface area contributed by atoms with Crippen molar-refractivity contribution in [2.45, 2.75) is 24.5 Å². The zero-order chi connectivity index (χ0) is 16.4. The molecule has 0 aromatic carbocycles. The Bertz CT molecular complexity index is 561. The van der Waals surface area contributed by atoms with E-state index >= 15 is 0 Å². The molecule has 2 aliphatic heterocycles.